The molecule has 1 aliphatic carbocycles. The molecular formula is C22H28ClFN4O4. The molecule has 1 aromatic heterocycles. The summed E-state index contributed by atoms with van der Waals surface area (Å²) < 4.78 is 21.9. The van der Waals surface area contributed by atoms with Gasteiger partial charge in [0.1, 0.15) is 11.4 Å². The Labute approximate surface area is 189 Å². The number of aromatic nitrogens is 2. The van der Waals surface area contributed by atoms with Crippen LogP contribution in [-0.2, 0) is 4.74 Å². The van der Waals surface area contributed by atoms with Crippen molar-refractivity contribution in [3.8, 4) is 0 Å². The molecule has 1 amide bonds. The summed E-state index contributed by atoms with van der Waals surface area (Å²) in [6, 6.07) is 0.926. The second kappa shape index (κ2) is 8.10. The number of aromatic amines is 1. The lowest BCUT2D eigenvalue weighted by molar-refractivity contribution is 0.0494. The monoisotopic (exact) mass is 466 g/mol. The quantitative estimate of drug-likeness (QED) is 0.718. The van der Waals surface area contributed by atoms with E-state index in [1.807, 2.05) is 11.8 Å². The Kier molecular flexibility index (Phi) is 5.73. The predicted octanol–water partition coefficient (Wildman–Crippen LogP) is 3.56. The van der Waals surface area contributed by atoms with Crippen molar-refractivity contribution in [2.75, 3.05) is 18.0 Å². The Hall–Kier alpha value is -2.55. The van der Waals surface area contributed by atoms with Crippen LogP contribution in [-0.4, -0.2) is 40.4 Å². The third-order valence-corrected chi connectivity index (χ3v) is 6.36. The Balaban J connectivity index is 1.62. The van der Waals surface area contributed by atoms with Crippen molar-refractivity contribution in [2.45, 2.75) is 64.6 Å². The topological polar surface area (TPSA) is 96.4 Å². The molecule has 2 aromatic rings. The van der Waals surface area contributed by atoms with E-state index >= 15 is 4.39 Å². The lowest BCUT2D eigenvalue weighted by atomic mass is 10.0. The van der Waals surface area contributed by atoms with E-state index in [1.54, 1.807) is 20.8 Å². The first-order chi connectivity index (χ1) is 15.0. The van der Waals surface area contributed by atoms with Gasteiger partial charge in [0.05, 0.1) is 21.6 Å². The second-order valence-electron chi connectivity index (χ2n) is 9.71. The highest BCUT2D eigenvalue weighted by atomic mass is 35.5. The minimum absolute atomic E-state index is 0.0398. The van der Waals surface area contributed by atoms with Crippen LogP contribution in [0.5, 0.6) is 0 Å². The van der Waals surface area contributed by atoms with Crippen LogP contribution < -0.4 is 21.5 Å². The molecule has 8 nitrogen and oxygen atoms in total. The standard InChI is InChI=1S/C22H28ClFN4O4/c1-11(25-21(31)32-22(2,3)4)12-7-8-27(10-12)18-15(24)9-14-17(16(18)23)28(13-5-6-13)20(30)26-19(14)29/h9,11-13H,5-8,10H2,1-4H3,(H,25,31)(H,26,29,30). The number of amides is 1. The fraction of sp³-hybridized carbons (Fsp3) is 0.591. The van der Waals surface area contributed by atoms with Gasteiger partial charge in [0.25, 0.3) is 5.56 Å². The third-order valence-electron chi connectivity index (χ3n) is 6.00. The van der Waals surface area contributed by atoms with E-state index in [4.69, 9.17) is 16.3 Å². The number of halogens is 2. The highest BCUT2D eigenvalue weighted by molar-refractivity contribution is 6.38. The molecule has 1 aromatic carbocycles. The molecule has 174 valence electrons. The van der Waals surface area contributed by atoms with Crippen LogP contribution in [0.4, 0.5) is 14.9 Å². The van der Waals surface area contributed by atoms with E-state index in [9.17, 15) is 14.4 Å². The first-order valence-corrected chi connectivity index (χ1v) is 11.2. The number of nitrogens with zero attached hydrogens (tertiary/aromatic N) is 2. The fourth-order valence-corrected chi connectivity index (χ4v) is 4.72. The largest absolute Gasteiger partial charge is 0.444 e. The van der Waals surface area contributed by atoms with Gasteiger partial charge in [-0.2, -0.15) is 0 Å². The molecule has 0 spiro atoms. The predicted molar refractivity (Wildman–Crippen MR) is 121 cm³/mol. The first-order valence-electron chi connectivity index (χ1n) is 10.9. The Bertz CT molecular complexity index is 1180. The summed E-state index contributed by atoms with van der Waals surface area (Å²) in [7, 11) is 0. The lowest BCUT2D eigenvalue weighted by Crippen LogP contribution is -2.42. The average molecular weight is 467 g/mol. The zero-order chi connectivity index (χ0) is 23.4. The number of carbonyl (C=O) groups excluding carboxylic acids is 1. The zero-order valence-corrected chi connectivity index (χ0v) is 19.4. The average Bonchev–Trinajstić information content (AvgIpc) is 3.37. The number of ether oxygens (including phenoxy) is 1. The number of fused-ring (bicyclic) bond motifs is 1. The maximum Gasteiger partial charge on any atom is 0.407 e. The minimum atomic E-state index is -0.649. The number of hydrogen-bond acceptors (Lipinski definition) is 5. The molecule has 32 heavy (non-hydrogen) atoms. The van der Waals surface area contributed by atoms with Crippen LogP contribution in [0.15, 0.2) is 15.7 Å². The van der Waals surface area contributed by atoms with Crippen LogP contribution in [0, 0.1) is 11.7 Å². The Morgan fingerprint density at radius 2 is 2.00 bits per heavy atom. The molecule has 4 rings (SSSR count). The van der Waals surface area contributed by atoms with E-state index in [0.717, 1.165) is 25.3 Å². The summed E-state index contributed by atoms with van der Waals surface area (Å²) in [4.78, 5) is 40.9. The van der Waals surface area contributed by atoms with E-state index in [1.165, 1.54) is 4.57 Å². The number of anilines is 1. The summed E-state index contributed by atoms with van der Waals surface area (Å²) >= 11 is 6.65. The number of alkyl carbamates (subject to hydrolysis) is 1. The van der Waals surface area contributed by atoms with Gasteiger partial charge in [0.2, 0.25) is 0 Å². The van der Waals surface area contributed by atoms with Gasteiger partial charge in [-0.1, -0.05) is 11.6 Å². The number of nitrogens with one attached hydrogen (secondary N) is 2. The molecule has 2 unspecified atom stereocenters. The molecule has 1 saturated carbocycles. The van der Waals surface area contributed by atoms with Gasteiger partial charge in [-0.05, 0) is 58.9 Å². The molecular weight excluding hydrogens is 439 g/mol. The highest BCUT2D eigenvalue weighted by Crippen LogP contribution is 2.41. The molecule has 2 aliphatic rings. The summed E-state index contributed by atoms with van der Waals surface area (Å²) in [6.45, 7) is 8.28. The minimum Gasteiger partial charge on any atom is -0.444 e. The number of benzene rings is 1. The number of H-pyrrole nitrogens is 1. The summed E-state index contributed by atoms with van der Waals surface area (Å²) in [5, 5.41) is 2.99. The Morgan fingerprint density at radius 3 is 2.62 bits per heavy atom. The van der Waals surface area contributed by atoms with E-state index in [2.05, 4.69) is 10.3 Å². The van der Waals surface area contributed by atoms with Gasteiger partial charge in [-0.15, -0.1) is 0 Å². The number of rotatable bonds is 4. The molecule has 1 aliphatic heterocycles. The van der Waals surface area contributed by atoms with Crippen molar-refractivity contribution < 1.29 is 13.9 Å². The molecule has 2 heterocycles. The third kappa shape index (κ3) is 4.35. The summed E-state index contributed by atoms with van der Waals surface area (Å²) in [5.41, 5.74) is -1.31. The van der Waals surface area contributed by atoms with Crippen LogP contribution >= 0.6 is 11.6 Å². The molecule has 10 heteroatoms. The van der Waals surface area contributed by atoms with Crippen LogP contribution in [0.3, 0.4) is 0 Å². The SMILES string of the molecule is CC(NC(=O)OC(C)(C)C)C1CCN(c2c(F)cc3c(=O)[nH]c(=O)n(C4CC4)c3c2Cl)C1. The maximum absolute atomic E-state index is 15.1. The molecule has 0 bridgehead atoms. The molecule has 1 saturated heterocycles. The van der Waals surface area contributed by atoms with Crippen molar-refractivity contribution in [3.63, 3.8) is 0 Å². The molecule has 2 fully saturated rings. The normalized spacial score (nSPS) is 19.9. The second-order valence-corrected chi connectivity index (χ2v) is 10.1. The van der Waals surface area contributed by atoms with Crippen LogP contribution in [0.25, 0.3) is 10.9 Å². The molecule has 2 atom stereocenters. The maximum atomic E-state index is 15.1. The van der Waals surface area contributed by atoms with Gasteiger partial charge >= 0.3 is 11.8 Å². The number of hydrogen-bond donors (Lipinski definition) is 2. The highest BCUT2D eigenvalue weighted by Gasteiger charge is 2.34. The molecule has 2 N–H and O–H groups in total. The van der Waals surface area contributed by atoms with E-state index in [-0.39, 0.29) is 39.6 Å². The van der Waals surface area contributed by atoms with Gasteiger partial charge in [-0.3, -0.25) is 14.3 Å². The summed E-state index contributed by atoms with van der Waals surface area (Å²) in [5.74, 6) is -0.555. The Morgan fingerprint density at radius 1 is 1.31 bits per heavy atom. The van der Waals surface area contributed by atoms with E-state index < -0.39 is 28.8 Å². The first kappa shape index (κ1) is 22.6. The van der Waals surface area contributed by atoms with Crippen molar-refractivity contribution in [1.29, 1.82) is 0 Å². The molecule has 0 radical (unpaired) electrons. The zero-order valence-electron chi connectivity index (χ0n) is 18.6. The van der Waals surface area contributed by atoms with E-state index in [0.29, 0.717) is 13.1 Å². The van der Waals surface area contributed by atoms with Crippen LogP contribution in [0.2, 0.25) is 5.02 Å². The van der Waals surface area contributed by atoms with Crippen molar-refractivity contribution >= 4 is 34.3 Å². The fourth-order valence-electron chi connectivity index (χ4n) is 4.31. The van der Waals surface area contributed by atoms with Crippen molar-refractivity contribution in [1.82, 2.24) is 14.9 Å². The smallest absolute Gasteiger partial charge is 0.407 e. The van der Waals surface area contributed by atoms with Gasteiger partial charge in [0, 0.05) is 25.2 Å². The summed E-state index contributed by atoms with van der Waals surface area (Å²) in [6.07, 6.45) is 1.84. The van der Waals surface area contributed by atoms with Crippen molar-refractivity contribution in [2.24, 2.45) is 5.92 Å². The van der Waals surface area contributed by atoms with Gasteiger partial charge in [0.15, 0.2) is 0 Å². The van der Waals surface area contributed by atoms with Crippen molar-refractivity contribution in [3.05, 3.63) is 37.7 Å². The van der Waals surface area contributed by atoms with Gasteiger partial charge < -0.3 is 15.0 Å². The van der Waals surface area contributed by atoms with Crippen LogP contribution in [0.1, 0.15) is 53.0 Å². The van der Waals surface area contributed by atoms with Gasteiger partial charge in [-0.25, -0.2) is 14.0 Å². The lowest BCUT2D eigenvalue weighted by Gasteiger charge is -2.26. The number of carbonyl (C=O) groups is 1.